The van der Waals surface area contributed by atoms with Gasteiger partial charge in [-0.25, -0.2) is 0 Å². The second-order valence-corrected chi connectivity index (χ2v) is 3.50. The number of hydrogen-bond donors (Lipinski definition) is 0. The van der Waals surface area contributed by atoms with Gasteiger partial charge in [-0.15, -0.1) is 0 Å². The van der Waals surface area contributed by atoms with Crippen LogP contribution >= 0.6 is 15.9 Å². The molecule has 0 N–H and O–H groups in total. The maximum absolute atomic E-state index is 10.6. The van der Waals surface area contributed by atoms with Gasteiger partial charge in [-0.05, 0) is 28.8 Å². The average molecular weight is 217 g/mol. The van der Waals surface area contributed by atoms with E-state index in [1.54, 1.807) is 0 Å². The maximum atomic E-state index is 10.6. The van der Waals surface area contributed by atoms with Crippen molar-refractivity contribution >= 4 is 20.6 Å². The van der Waals surface area contributed by atoms with Gasteiger partial charge in [0.1, 0.15) is 0 Å². The van der Waals surface area contributed by atoms with Crippen LogP contribution in [0.2, 0.25) is 0 Å². The van der Waals surface area contributed by atoms with Crippen molar-refractivity contribution in [2.24, 2.45) is 0 Å². The first-order valence-corrected chi connectivity index (χ1v) is 4.35. The van der Waals surface area contributed by atoms with E-state index in [1.165, 1.54) is 0 Å². The predicted molar refractivity (Wildman–Crippen MR) is 44.1 cm³/mol. The Bertz CT molecular complexity index is 199. The van der Waals surface area contributed by atoms with Crippen LogP contribution in [0.25, 0.3) is 0 Å². The van der Waals surface area contributed by atoms with Crippen molar-refractivity contribution in [1.82, 2.24) is 4.90 Å². The number of carbonyl (C=O) groups excluding carboxylic acids is 1. The summed E-state index contributed by atoms with van der Waals surface area (Å²) in [6.07, 6.45) is 1.93. The van der Waals surface area contributed by atoms with Gasteiger partial charge in [-0.2, -0.15) is 5.26 Å². The fraction of sp³-hybridized carbons (Fsp3) is 0.714. The third-order valence-electron chi connectivity index (χ3n) is 1.84. The minimum atomic E-state index is -0.0449. The lowest BCUT2D eigenvalue weighted by atomic mass is 10.2. The van der Waals surface area contributed by atoms with Crippen LogP contribution in [0, 0.1) is 11.3 Å². The largest absolute Gasteiger partial charge is 0.285 e. The number of rotatable bonds is 2. The van der Waals surface area contributed by atoms with Crippen LogP contribution in [0.15, 0.2) is 0 Å². The van der Waals surface area contributed by atoms with E-state index in [2.05, 4.69) is 22.0 Å². The summed E-state index contributed by atoms with van der Waals surface area (Å²) in [5.74, 6) is 0. The lowest BCUT2D eigenvalue weighted by Gasteiger charge is -2.15. The first-order valence-electron chi connectivity index (χ1n) is 3.56. The zero-order valence-corrected chi connectivity index (χ0v) is 7.67. The van der Waals surface area contributed by atoms with Crippen molar-refractivity contribution in [1.29, 1.82) is 5.26 Å². The number of nitrogens with zero attached hydrogens (tertiary/aromatic N) is 2. The van der Waals surface area contributed by atoms with Crippen LogP contribution in [0.5, 0.6) is 0 Å². The molecule has 1 heterocycles. The van der Waals surface area contributed by atoms with Crippen molar-refractivity contribution < 1.29 is 4.79 Å². The molecule has 0 radical (unpaired) electrons. The molecule has 0 aliphatic carbocycles. The zero-order valence-electron chi connectivity index (χ0n) is 6.09. The zero-order chi connectivity index (χ0) is 8.27. The Morgan fingerprint density at radius 1 is 1.82 bits per heavy atom. The highest BCUT2D eigenvalue weighted by atomic mass is 79.9. The Labute approximate surface area is 74.1 Å². The van der Waals surface area contributed by atoms with Crippen molar-refractivity contribution in [2.45, 2.75) is 18.9 Å². The first-order chi connectivity index (χ1) is 5.24. The molecule has 0 aromatic rings. The van der Waals surface area contributed by atoms with Crippen molar-refractivity contribution in [2.75, 3.05) is 13.1 Å². The second-order valence-electron chi connectivity index (χ2n) is 2.61. The highest BCUT2D eigenvalue weighted by Gasteiger charge is 2.24. The molecule has 0 aromatic carbocycles. The predicted octanol–water partition coefficient (Wildman–Crippen LogP) is 0.896. The molecule has 0 saturated carbocycles. The highest BCUT2D eigenvalue weighted by molar-refractivity contribution is 9.18. The maximum Gasteiger partial charge on any atom is 0.211 e. The summed E-state index contributed by atoms with van der Waals surface area (Å²) in [7, 11) is 0. The van der Waals surface area contributed by atoms with Gasteiger partial charge in [-0.3, -0.25) is 9.69 Å². The minimum Gasteiger partial charge on any atom is -0.285 e. The third kappa shape index (κ3) is 2.28. The van der Waals surface area contributed by atoms with Gasteiger partial charge >= 0.3 is 0 Å². The molecule has 0 bridgehead atoms. The molecule has 4 heteroatoms. The standard InChI is InChI=1S/C7H9BrN2O/c8-7(11)5-10-3-1-2-6(10)4-9/h6H,1-3,5H2. The van der Waals surface area contributed by atoms with Crippen molar-refractivity contribution in [3.05, 3.63) is 0 Å². The summed E-state index contributed by atoms with van der Waals surface area (Å²) in [4.78, 5) is 12.5. The lowest BCUT2D eigenvalue weighted by molar-refractivity contribution is -0.111. The number of nitriles is 1. The Kier molecular flexibility index (Phi) is 3.03. The number of likely N-dealkylation sites (tertiary alicyclic amines) is 1. The SMILES string of the molecule is N#CC1CCCN1CC(=O)Br. The molecule has 3 nitrogen and oxygen atoms in total. The van der Waals surface area contributed by atoms with Crippen LogP contribution in [0.3, 0.4) is 0 Å². The first kappa shape index (κ1) is 8.69. The molecule has 0 spiro atoms. The van der Waals surface area contributed by atoms with E-state index in [-0.39, 0.29) is 10.7 Å². The molecule has 60 valence electrons. The molecule has 1 saturated heterocycles. The molecule has 0 amide bonds. The monoisotopic (exact) mass is 216 g/mol. The van der Waals surface area contributed by atoms with Crippen LogP contribution in [0.1, 0.15) is 12.8 Å². The molecule has 1 fully saturated rings. The van der Waals surface area contributed by atoms with E-state index < -0.39 is 0 Å². The van der Waals surface area contributed by atoms with Crippen LogP contribution < -0.4 is 0 Å². The topological polar surface area (TPSA) is 44.1 Å². The molecule has 0 aromatic heterocycles. The summed E-state index contributed by atoms with van der Waals surface area (Å²) in [6, 6.07) is 2.13. The molecule has 1 atom stereocenters. The van der Waals surface area contributed by atoms with Gasteiger partial charge in [-0.1, -0.05) is 0 Å². The van der Waals surface area contributed by atoms with Gasteiger partial charge in [0.2, 0.25) is 4.69 Å². The van der Waals surface area contributed by atoms with E-state index in [0.29, 0.717) is 6.54 Å². The Morgan fingerprint density at radius 3 is 3.09 bits per heavy atom. The average Bonchev–Trinajstić information content (AvgIpc) is 2.34. The van der Waals surface area contributed by atoms with Crippen LogP contribution in [-0.4, -0.2) is 28.7 Å². The molecule has 1 aliphatic rings. The van der Waals surface area contributed by atoms with Gasteiger partial charge in [0.05, 0.1) is 18.7 Å². The van der Waals surface area contributed by atoms with E-state index >= 15 is 0 Å². The Morgan fingerprint density at radius 2 is 2.55 bits per heavy atom. The van der Waals surface area contributed by atoms with Gasteiger partial charge < -0.3 is 0 Å². The smallest absolute Gasteiger partial charge is 0.211 e. The Hall–Kier alpha value is -0.400. The lowest BCUT2D eigenvalue weighted by Crippen LogP contribution is -2.31. The number of hydrogen-bond acceptors (Lipinski definition) is 3. The van der Waals surface area contributed by atoms with Crippen LogP contribution in [0.4, 0.5) is 0 Å². The van der Waals surface area contributed by atoms with E-state index in [4.69, 9.17) is 5.26 Å². The summed E-state index contributed by atoms with van der Waals surface area (Å²) >= 11 is 2.85. The van der Waals surface area contributed by atoms with E-state index in [1.807, 2.05) is 4.90 Å². The minimum absolute atomic E-state index is 0.0420. The Balaban J connectivity index is 2.45. The van der Waals surface area contributed by atoms with E-state index in [0.717, 1.165) is 19.4 Å². The van der Waals surface area contributed by atoms with Crippen LogP contribution in [-0.2, 0) is 4.79 Å². The van der Waals surface area contributed by atoms with Gasteiger partial charge in [0.15, 0.2) is 0 Å². The quantitative estimate of drug-likeness (QED) is 0.645. The number of carbonyl (C=O) groups is 1. The molecule has 1 rings (SSSR count). The summed E-state index contributed by atoms with van der Waals surface area (Å²) in [5.41, 5.74) is 0. The summed E-state index contributed by atoms with van der Waals surface area (Å²) in [6.45, 7) is 1.23. The van der Waals surface area contributed by atoms with E-state index in [9.17, 15) is 4.79 Å². The summed E-state index contributed by atoms with van der Waals surface area (Å²) < 4.78 is -0.0420. The molecule has 1 aliphatic heterocycles. The second kappa shape index (κ2) is 3.84. The third-order valence-corrected chi connectivity index (χ3v) is 2.09. The fourth-order valence-electron chi connectivity index (χ4n) is 1.32. The summed E-state index contributed by atoms with van der Waals surface area (Å²) in [5, 5.41) is 8.63. The molecular formula is C7H9BrN2O. The number of halogens is 1. The highest BCUT2D eigenvalue weighted by Crippen LogP contribution is 2.15. The van der Waals surface area contributed by atoms with Crippen molar-refractivity contribution in [3.63, 3.8) is 0 Å². The van der Waals surface area contributed by atoms with Gasteiger partial charge in [0.25, 0.3) is 0 Å². The van der Waals surface area contributed by atoms with Crippen molar-refractivity contribution in [3.8, 4) is 6.07 Å². The van der Waals surface area contributed by atoms with Gasteiger partial charge in [0, 0.05) is 6.54 Å². The molecular weight excluding hydrogens is 208 g/mol. The fourth-order valence-corrected chi connectivity index (χ4v) is 1.64. The molecule has 11 heavy (non-hydrogen) atoms. The normalized spacial score (nSPS) is 24.9. The molecule has 1 unspecified atom stereocenters.